The maximum absolute atomic E-state index is 11.9. The molecule has 2 aromatic carbocycles. The lowest BCUT2D eigenvalue weighted by Gasteiger charge is -2.08. The molecule has 0 radical (unpaired) electrons. The van der Waals surface area contributed by atoms with Crippen LogP contribution < -0.4 is 10.6 Å². The first-order chi connectivity index (χ1) is 14.3. The third kappa shape index (κ3) is 7.32. The number of carbonyl (C=O) groups is 4. The normalized spacial score (nSPS) is 10.1. The van der Waals surface area contributed by atoms with Crippen LogP contribution in [0.3, 0.4) is 0 Å². The van der Waals surface area contributed by atoms with E-state index in [0.29, 0.717) is 16.9 Å². The summed E-state index contributed by atoms with van der Waals surface area (Å²) in [6.07, 6.45) is -0.276. The van der Waals surface area contributed by atoms with Gasteiger partial charge in [0.15, 0.2) is 6.61 Å². The Morgan fingerprint density at radius 1 is 0.900 bits per heavy atom. The molecule has 0 fully saturated rings. The van der Waals surface area contributed by atoms with E-state index in [9.17, 15) is 19.2 Å². The van der Waals surface area contributed by atoms with Crippen LogP contribution in [0.25, 0.3) is 0 Å². The molecule has 158 valence electrons. The molecule has 0 aliphatic rings. The fourth-order valence-corrected chi connectivity index (χ4v) is 2.63. The number of ether oxygens (including phenoxy) is 2. The van der Waals surface area contributed by atoms with Gasteiger partial charge in [0.05, 0.1) is 19.1 Å². The molecule has 0 aromatic heterocycles. The number of amides is 2. The summed E-state index contributed by atoms with van der Waals surface area (Å²) in [4.78, 5) is 47.0. The fourth-order valence-electron chi connectivity index (χ4n) is 2.38. The van der Waals surface area contributed by atoms with Gasteiger partial charge in [0, 0.05) is 22.3 Å². The number of methoxy groups -OCH3 is 1. The third-order valence-electron chi connectivity index (χ3n) is 3.95. The summed E-state index contributed by atoms with van der Waals surface area (Å²) < 4.78 is 10.4. The number of hydrogen-bond donors (Lipinski definition) is 2. The van der Waals surface area contributed by atoms with Crippen molar-refractivity contribution in [2.45, 2.75) is 19.8 Å². The van der Waals surface area contributed by atoms with Crippen molar-refractivity contribution in [1.82, 2.24) is 0 Å². The molecule has 2 amide bonds. The molecule has 0 spiro atoms. The second-order valence-corrected chi connectivity index (χ2v) is 7.14. The number of aryl methyl sites for hydroxylation is 1. The number of carbonyl (C=O) groups excluding carboxylic acids is 4. The highest BCUT2D eigenvalue weighted by Gasteiger charge is 2.12. The number of hydrogen-bond acceptors (Lipinski definition) is 6. The van der Waals surface area contributed by atoms with E-state index in [4.69, 9.17) is 4.74 Å². The topological polar surface area (TPSA) is 111 Å². The Morgan fingerprint density at radius 2 is 1.53 bits per heavy atom. The molecule has 0 unspecified atom stereocenters. The van der Waals surface area contributed by atoms with E-state index in [1.54, 1.807) is 30.3 Å². The van der Waals surface area contributed by atoms with Gasteiger partial charge in [-0.05, 0) is 55.0 Å². The van der Waals surface area contributed by atoms with E-state index in [1.807, 2.05) is 6.92 Å². The van der Waals surface area contributed by atoms with E-state index in [1.165, 1.54) is 19.2 Å². The molecule has 2 rings (SSSR count). The van der Waals surface area contributed by atoms with Crippen LogP contribution in [0.2, 0.25) is 0 Å². The van der Waals surface area contributed by atoms with Crippen molar-refractivity contribution in [1.29, 1.82) is 0 Å². The SMILES string of the molecule is COC(=O)c1ccc(NC(=O)CCC(=O)OCC(=O)Nc2ccc(Br)c(C)c2)cc1. The first-order valence-electron chi connectivity index (χ1n) is 8.98. The summed E-state index contributed by atoms with van der Waals surface area (Å²) in [6.45, 7) is 1.45. The van der Waals surface area contributed by atoms with E-state index in [0.717, 1.165) is 10.0 Å². The molecule has 0 saturated carbocycles. The molecular formula is C21H21BrN2O6. The first kappa shape index (κ1) is 23.1. The zero-order chi connectivity index (χ0) is 22.1. The number of benzene rings is 2. The van der Waals surface area contributed by atoms with Gasteiger partial charge in [-0.1, -0.05) is 15.9 Å². The van der Waals surface area contributed by atoms with Gasteiger partial charge in [-0.2, -0.15) is 0 Å². The maximum atomic E-state index is 11.9. The minimum atomic E-state index is -0.659. The van der Waals surface area contributed by atoms with Gasteiger partial charge in [-0.15, -0.1) is 0 Å². The standard InChI is InChI=1S/C21H21BrN2O6/c1-13-11-16(7-8-17(13)22)24-19(26)12-30-20(27)10-9-18(25)23-15-5-3-14(4-6-15)21(28)29-2/h3-8,11H,9-10,12H2,1-2H3,(H,23,25)(H,24,26). The van der Waals surface area contributed by atoms with Crippen molar-refractivity contribution >= 4 is 51.1 Å². The van der Waals surface area contributed by atoms with Crippen LogP contribution in [0, 0.1) is 6.92 Å². The highest BCUT2D eigenvalue weighted by Crippen LogP contribution is 2.20. The molecule has 0 heterocycles. The molecule has 9 heteroatoms. The predicted octanol–water partition coefficient (Wildman–Crippen LogP) is 3.44. The second kappa shape index (κ2) is 11.1. The predicted molar refractivity (Wildman–Crippen MR) is 114 cm³/mol. The molecule has 8 nitrogen and oxygen atoms in total. The highest BCUT2D eigenvalue weighted by molar-refractivity contribution is 9.10. The maximum Gasteiger partial charge on any atom is 0.337 e. The van der Waals surface area contributed by atoms with E-state index in [2.05, 4.69) is 31.3 Å². The summed E-state index contributed by atoms with van der Waals surface area (Å²) >= 11 is 3.37. The fraction of sp³-hybridized carbons (Fsp3) is 0.238. The summed E-state index contributed by atoms with van der Waals surface area (Å²) in [7, 11) is 1.28. The average Bonchev–Trinajstić information content (AvgIpc) is 2.73. The van der Waals surface area contributed by atoms with Gasteiger partial charge >= 0.3 is 11.9 Å². The van der Waals surface area contributed by atoms with Crippen LogP contribution in [0.15, 0.2) is 46.9 Å². The Labute approximate surface area is 182 Å². The van der Waals surface area contributed by atoms with Crippen LogP contribution in [-0.4, -0.2) is 37.5 Å². The molecular weight excluding hydrogens is 456 g/mol. The van der Waals surface area contributed by atoms with E-state index < -0.39 is 30.4 Å². The molecule has 2 N–H and O–H groups in total. The Morgan fingerprint density at radius 3 is 2.17 bits per heavy atom. The molecule has 2 aromatic rings. The summed E-state index contributed by atoms with van der Waals surface area (Å²) in [5, 5.41) is 5.24. The molecule has 0 atom stereocenters. The zero-order valence-electron chi connectivity index (χ0n) is 16.5. The van der Waals surface area contributed by atoms with Gasteiger partial charge in [-0.25, -0.2) is 4.79 Å². The summed E-state index contributed by atoms with van der Waals surface area (Å²) in [6, 6.07) is 11.4. The van der Waals surface area contributed by atoms with Crippen LogP contribution in [-0.2, 0) is 23.9 Å². The van der Waals surface area contributed by atoms with E-state index in [-0.39, 0.29) is 12.8 Å². The Balaban J connectivity index is 1.70. The van der Waals surface area contributed by atoms with Gasteiger partial charge in [-0.3, -0.25) is 14.4 Å². The molecule has 0 aliphatic heterocycles. The van der Waals surface area contributed by atoms with Crippen LogP contribution >= 0.6 is 15.9 Å². The van der Waals surface area contributed by atoms with Crippen molar-refractivity contribution in [3.05, 3.63) is 58.1 Å². The minimum Gasteiger partial charge on any atom is -0.465 e. The lowest BCUT2D eigenvalue weighted by molar-refractivity contribution is -0.147. The first-order valence-corrected chi connectivity index (χ1v) is 9.77. The van der Waals surface area contributed by atoms with Crippen LogP contribution in [0.5, 0.6) is 0 Å². The average molecular weight is 477 g/mol. The number of rotatable bonds is 8. The van der Waals surface area contributed by atoms with Gasteiger partial charge in [0.25, 0.3) is 5.91 Å². The Bertz CT molecular complexity index is 943. The van der Waals surface area contributed by atoms with Crippen molar-refractivity contribution in [2.24, 2.45) is 0 Å². The third-order valence-corrected chi connectivity index (χ3v) is 4.84. The Hall–Kier alpha value is -3.20. The van der Waals surface area contributed by atoms with Crippen molar-refractivity contribution in [3.63, 3.8) is 0 Å². The smallest absolute Gasteiger partial charge is 0.337 e. The number of halogens is 1. The summed E-state index contributed by atoms with van der Waals surface area (Å²) in [5.41, 5.74) is 2.38. The summed E-state index contributed by atoms with van der Waals surface area (Å²) in [5.74, 6) is -2.00. The van der Waals surface area contributed by atoms with Gasteiger partial charge < -0.3 is 20.1 Å². The number of nitrogens with one attached hydrogen (secondary N) is 2. The van der Waals surface area contributed by atoms with Gasteiger partial charge in [0.1, 0.15) is 0 Å². The largest absolute Gasteiger partial charge is 0.465 e. The molecule has 0 bridgehead atoms. The van der Waals surface area contributed by atoms with Crippen molar-refractivity contribution < 1.29 is 28.7 Å². The lowest BCUT2D eigenvalue weighted by atomic mass is 10.2. The lowest BCUT2D eigenvalue weighted by Crippen LogP contribution is -2.21. The van der Waals surface area contributed by atoms with Gasteiger partial charge in [0.2, 0.25) is 5.91 Å². The molecule has 0 aliphatic carbocycles. The highest BCUT2D eigenvalue weighted by atomic mass is 79.9. The van der Waals surface area contributed by atoms with E-state index >= 15 is 0 Å². The molecule has 0 saturated heterocycles. The van der Waals surface area contributed by atoms with Crippen molar-refractivity contribution in [2.75, 3.05) is 24.4 Å². The van der Waals surface area contributed by atoms with Crippen LogP contribution in [0.4, 0.5) is 11.4 Å². The second-order valence-electron chi connectivity index (χ2n) is 6.29. The quantitative estimate of drug-likeness (QED) is 0.564. The Kier molecular flexibility index (Phi) is 8.54. The molecule has 30 heavy (non-hydrogen) atoms. The minimum absolute atomic E-state index is 0.106. The monoisotopic (exact) mass is 476 g/mol. The number of esters is 2. The zero-order valence-corrected chi connectivity index (χ0v) is 18.1. The van der Waals surface area contributed by atoms with Crippen LogP contribution in [0.1, 0.15) is 28.8 Å². The number of anilines is 2. The van der Waals surface area contributed by atoms with Crippen molar-refractivity contribution in [3.8, 4) is 0 Å².